The van der Waals surface area contributed by atoms with Crippen molar-refractivity contribution in [2.75, 3.05) is 5.32 Å². The first-order chi connectivity index (χ1) is 12.3. The van der Waals surface area contributed by atoms with Crippen molar-refractivity contribution < 1.29 is 9.59 Å². The topological polar surface area (TPSA) is 84.0 Å². The number of carbonyl (C=O) groups is 2. The van der Waals surface area contributed by atoms with Crippen molar-refractivity contribution in [1.82, 2.24) is 15.5 Å². The molecular formula is C16H17BrCl2N4O2S. The Morgan fingerprint density at radius 3 is 2.42 bits per heavy atom. The van der Waals surface area contributed by atoms with Gasteiger partial charge < -0.3 is 5.32 Å². The van der Waals surface area contributed by atoms with Crippen LogP contribution >= 0.6 is 50.5 Å². The van der Waals surface area contributed by atoms with Gasteiger partial charge in [-0.15, -0.1) is 10.2 Å². The van der Waals surface area contributed by atoms with E-state index in [4.69, 9.17) is 23.2 Å². The lowest BCUT2D eigenvalue weighted by Crippen LogP contribution is -2.49. The molecule has 2 rings (SSSR count). The Balaban J connectivity index is 2.11. The Morgan fingerprint density at radius 2 is 1.85 bits per heavy atom. The van der Waals surface area contributed by atoms with Crippen LogP contribution in [-0.2, 0) is 9.59 Å². The number of nitrogens with zero attached hydrogens (tertiary/aromatic N) is 2. The van der Waals surface area contributed by atoms with Gasteiger partial charge >= 0.3 is 0 Å². The molecule has 0 spiro atoms. The van der Waals surface area contributed by atoms with Crippen molar-refractivity contribution in [3.05, 3.63) is 28.7 Å². The first-order valence-electron chi connectivity index (χ1n) is 7.80. The molecule has 0 aliphatic heterocycles. The van der Waals surface area contributed by atoms with Crippen LogP contribution in [-0.4, -0.2) is 32.9 Å². The lowest BCUT2D eigenvalue weighted by molar-refractivity contribution is -0.126. The summed E-state index contributed by atoms with van der Waals surface area (Å²) in [5, 5.41) is 14.4. The molecule has 0 aliphatic carbocycles. The highest BCUT2D eigenvalue weighted by molar-refractivity contribution is 9.10. The number of benzene rings is 1. The number of carbonyl (C=O) groups excluding carboxylic acids is 2. The highest BCUT2D eigenvalue weighted by Gasteiger charge is 2.28. The first-order valence-corrected chi connectivity index (χ1v) is 10.3. The van der Waals surface area contributed by atoms with E-state index in [2.05, 4.69) is 36.8 Å². The number of hydrogen-bond acceptors (Lipinski definition) is 5. The first kappa shape index (κ1) is 21.1. The number of halogens is 3. The molecule has 2 unspecified atom stereocenters. The number of alkyl halides is 2. The van der Waals surface area contributed by atoms with Crippen molar-refractivity contribution in [1.29, 1.82) is 0 Å². The molecule has 2 atom stereocenters. The van der Waals surface area contributed by atoms with E-state index in [0.29, 0.717) is 16.6 Å². The molecule has 0 aliphatic rings. The fraction of sp³-hybridized carbons (Fsp3) is 0.375. The molecule has 0 saturated heterocycles. The van der Waals surface area contributed by atoms with Crippen LogP contribution in [0.1, 0.15) is 20.3 Å². The van der Waals surface area contributed by atoms with Crippen molar-refractivity contribution in [3.63, 3.8) is 0 Å². The van der Waals surface area contributed by atoms with Gasteiger partial charge in [0.1, 0.15) is 11.0 Å². The minimum absolute atomic E-state index is 0.107. The van der Waals surface area contributed by atoms with Crippen molar-refractivity contribution >= 4 is 67.4 Å². The van der Waals surface area contributed by atoms with Crippen LogP contribution in [0.5, 0.6) is 0 Å². The van der Waals surface area contributed by atoms with E-state index < -0.39 is 16.8 Å². The quantitative estimate of drug-likeness (QED) is 0.581. The third kappa shape index (κ3) is 5.64. The summed E-state index contributed by atoms with van der Waals surface area (Å²) >= 11 is 15.8. The monoisotopic (exact) mass is 478 g/mol. The predicted octanol–water partition coefficient (Wildman–Crippen LogP) is 4.24. The van der Waals surface area contributed by atoms with Crippen LogP contribution in [0.2, 0.25) is 0 Å². The third-order valence-corrected chi connectivity index (χ3v) is 5.55. The second kappa shape index (κ2) is 9.64. The standard InChI is InChI=1S/C16H17BrCl2N4O2S/c1-3-8(2)11(20-14(25)12(18)19)13(24)21-16-23-22-15(26-16)9-4-6-10(17)7-5-9/h4-8,11-12H,3H2,1-2H3,(H,20,25)(H,21,23,24). The molecule has 0 saturated carbocycles. The number of nitrogens with one attached hydrogen (secondary N) is 2. The van der Waals surface area contributed by atoms with Crippen molar-refractivity contribution in [2.24, 2.45) is 5.92 Å². The Bertz CT molecular complexity index is 770. The van der Waals surface area contributed by atoms with Crippen LogP contribution < -0.4 is 10.6 Å². The minimum atomic E-state index is -1.24. The summed E-state index contributed by atoms with van der Waals surface area (Å²) in [6.45, 7) is 3.78. The minimum Gasteiger partial charge on any atom is -0.342 e. The molecule has 2 aromatic rings. The molecule has 0 radical (unpaired) electrons. The van der Waals surface area contributed by atoms with Gasteiger partial charge in [0.2, 0.25) is 11.0 Å². The summed E-state index contributed by atoms with van der Waals surface area (Å²) < 4.78 is 0.961. The number of aromatic nitrogens is 2. The van der Waals surface area contributed by atoms with E-state index >= 15 is 0 Å². The van der Waals surface area contributed by atoms with E-state index in [-0.39, 0.29) is 11.8 Å². The fourth-order valence-electron chi connectivity index (χ4n) is 2.08. The Hall–Kier alpha value is -1.22. The zero-order valence-electron chi connectivity index (χ0n) is 14.0. The fourth-order valence-corrected chi connectivity index (χ4v) is 3.23. The van der Waals surface area contributed by atoms with Crippen LogP contribution in [0, 0.1) is 5.92 Å². The highest BCUT2D eigenvalue weighted by Crippen LogP contribution is 2.27. The van der Waals surface area contributed by atoms with Gasteiger partial charge in [-0.1, -0.05) is 82.9 Å². The second-order valence-electron chi connectivity index (χ2n) is 5.58. The molecule has 1 heterocycles. The summed E-state index contributed by atoms with van der Waals surface area (Å²) in [6.07, 6.45) is 0.688. The molecule has 1 aromatic heterocycles. The Labute approximate surface area is 173 Å². The van der Waals surface area contributed by atoms with E-state index in [1.807, 2.05) is 38.1 Å². The summed E-state index contributed by atoms with van der Waals surface area (Å²) in [5.41, 5.74) is 0.894. The summed E-state index contributed by atoms with van der Waals surface area (Å²) in [7, 11) is 0. The zero-order valence-corrected chi connectivity index (χ0v) is 17.9. The average molecular weight is 480 g/mol. The van der Waals surface area contributed by atoms with Crippen LogP contribution in [0.3, 0.4) is 0 Å². The zero-order chi connectivity index (χ0) is 19.3. The predicted molar refractivity (Wildman–Crippen MR) is 109 cm³/mol. The Kier molecular flexibility index (Phi) is 7.82. The van der Waals surface area contributed by atoms with Gasteiger partial charge in [-0.2, -0.15) is 0 Å². The molecule has 1 aromatic carbocycles. The molecule has 2 amide bonds. The lowest BCUT2D eigenvalue weighted by atomic mass is 9.98. The largest absolute Gasteiger partial charge is 0.342 e. The molecule has 26 heavy (non-hydrogen) atoms. The van der Waals surface area contributed by atoms with E-state index in [0.717, 1.165) is 10.0 Å². The van der Waals surface area contributed by atoms with Gasteiger partial charge in [-0.25, -0.2) is 0 Å². The van der Waals surface area contributed by atoms with Gasteiger partial charge in [0.05, 0.1) is 0 Å². The van der Waals surface area contributed by atoms with Gasteiger partial charge in [0.25, 0.3) is 5.91 Å². The van der Waals surface area contributed by atoms with Gasteiger partial charge in [-0.3, -0.25) is 14.9 Å². The van der Waals surface area contributed by atoms with Gasteiger partial charge in [0, 0.05) is 10.0 Å². The summed E-state index contributed by atoms with van der Waals surface area (Å²) in [4.78, 5) is 23.1. The normalized spacial score (nSPS) is 13.3. The maximum atomic E-state index is 12.6. The maximum Gasteiger partial charge on any atom is 0.253 e. The number of rotatable bonds is 7. The van der Waals surface area contributed by atoms with Crippen LogP contribution in [0.25, 0.3) is 10.6 Å². The maximum absolute atomic E-state index is 12.6. The van der Waals surface area contributed by atoms with Crippen LogP contribution in [0.4, 0.5) is 5.13 Å². The average Bonchev–Trinajstić information content (AvgIpc) is 3.07. The highest BCUT2D eigenvalue weighted by atomic mass is 79.9. The van der Waals surface area contributed by atoms with Gasteiger partial charge in [-0.05, 0) is 18.1 Å². The summed E-state index contributed by atoms with van der Waals surface area (Å²) in [5.74, 6) is -1.10. The molecule has 10 heteroatoms. The molecule has 0 fully saturated rings. The SMILES string of the molecule is CCC(C)C(NC(=O)C(Cl)Cl)C(=O)Nc1nnc(-c2ccc(Br)cc2)s1. The van der Waals surface area contributed by atoms with Gasteiger partial charge in [0.15, 0.2) is 4.84 Å². The summed E-state index contributed by atoms with van der Waals surface area (Å²) in [6, 6.07) is 6.84. The van der Waals surface area contributed by atoms with Crippen molar-refractivity contribution in [3.8, 4) is 10.6 Å². The van der Waals surface area contributed by atoms with Crippen LogP contribution in [0.15, 0.2) is 28.7 Å². The number of anilines is 1. The van der Waals surface area contributed by atoms with E-state index in [9.17, 15) is 9.59 Å². The van der Waals surface area contributed by atoms with Crippen molar-refractivity contribution in [2.45, 2.75) is 31.1 Å². The molecule has 2 N–H and O–H groups in total. The lowest BCUT2D eigenvalue weighted by Gasteiger charge is -2.23. The smallest absolute Gasteiger partial charge is 0.253 e. The van der Waals surface area contributed by atoms with E-state index in [1.54, 1.807) is 0 Å². The molecule has 140 valence electrons. The molecular weight excluding hydrogens is 463 g/mol. The second-order valence-corrected chi connectivity index (χ2v) is 8.57. The number of hydrogen-bond donors (Lipinski definition) is 2. The Morgan fingerprint density at radius 1 is 1.19 bits per heavy atom. The van der Waals surface area contributed by atoms with E-state index in [1.165, 1.54) is 11.3 Å². The molecule has 6 nitrogen and oxygen atoms in total. The third-order valence-electron chi connectivity index (χ3n) is 3.74. The molecule has 0 bridgehead atoms. The number of amides is 2.